The fraction of sp³-hybridized carbons (Fsp3) is 0.103. The number of aromatic nitrogens is 3. The molecule has 0 saturated heterocycles. The highest BCUT2D eigenvalue weighted by Crippen LogP contribution is 2.26. The Kier molecular flexibility index (Phi) is 6.99. The van der Waals surface area contributed by atoms with Gasteiger partial charge in [-0.2, -0.15) is 0 Å². The number of rotatable bonds is 9. The fourth-order valence-electron chi connectivity index (χ4n) is 4.23. The van der Waals surface area contributed by atoms with Crippen molar-refractivity contribution in [3.8, 4) is 11.4 Å². The predicted molar refractivity (Wildman–Crippen MR) is 148 cm³/mol. The fourth-order valence-corrected chi connectivity index (χ4v) is 4.23. The van der Waals surface area contributed by atoms with Gasteiger partial charge in [0.2, 0.25) is 5.95 Å². The number of H-pyrrole nitrogens is 1. The number of amides is 1. The molecule has 0 aliphatic carbocycles. The molecule has 2 aromatic heterocycles. The molecule has 0 saturated carbocycles. The maximum Gasteiger partial charge on any atom is 0.328 e. The van der Waals surface area contributed by atoms with Crippen molar-refractivity contribution in [1.82, 2.24) is 20.3 Å². The van der Waals surface area contributed by atoms with Crippen molar-refractivity contribution >= 4 is 40.1 Å². The van der Waals surface area contributed by atoms with Crippen molar-refractivity contribution in [3.63, 3.8) is 0 Å². The summed E-state index contributed by atoms with van der Waals surface area (Å²) >= 11 is 0. The third-order valence-corrected chi connectivity index (χ3v) is 6.14. The molecule has 9 nitrogen and oxygen atoms in total. The second-order valence-corrected chi connectivity index (χ2v) is 8.65. The first-order valence-corrected chi connectivity index (χ1v) is 12.1. The van der Waals surface area contributed by atoms with E-state index in [1.807, 2.05) is 71.6 Å². The number of carbonyl (C=O) groups excluding carboxylic acids is 1. The van der Waals surface area contributed by atoms with Crippen molar-refractivity contribution < 1.29 is 14.7 Å². The average Bonchev–Trinajstić information content (AvgIpc) is 3.39. The highest BCUT2D eigenvalue weighted by Gasteiger charge is 2.25. The van der Waals surface area contributed by atoms with Crippen LogP contribution in [-0.4, -0.2) is 51.6 Å². The van der Waals surface area contributed by atoms with Crippen LogP contribution in [0.4, 0.5) is 17.3 Å². The summed E-state index contributed by atoms with van der Waals surface area (Å²) in [5.41, 5.74) is 4.33. The van der Waals surface area contributed by atoms with E-state index in [1.54, 1.807) is 37.5 Å². The monoisotopic (exact) mass is 506 g/mol. The van der Waals surface area contributed by atoms with E-state index in [0.29, 0.717) is 17.2 Å². The quantitative estimate of drug-likeness (QED) is 0.229. The van der Waals surface area contributed by atoms with Gasteiger partial charge in [-0.1, -0.05) is 36.4 Å². The molecule has 1 amide bonds. The molecule has 2 heterocycles. The van der Waals surface area contributed by atoms with Crippen LogP contribution in [0.2, 0.25) is 0 Å². The van der Waals surface area contributed by atoms with Gasteiger partial charge in [-0.15, -0.1) is 0 Å². The number of hydrogen-bond donors (Lipinski definition) is 4. The largest absolute Gasteiger partial charge is 0.480 e. The number of hydrogen-bond acceptors (Lipinski definition) is 6. The summed E-state index contributed by atoms with van der Waals surface area (Å²) < 4.78 is 0. The molecule has 0 aliphatic heterocycles. The van der Waals surface area contributed by atoms with Gasteiger partial charge in [0.25, 0.3) is 5.91 Å². The van der Waals surface area contributed by atoms with E-state index in [9.17, 15) is 14.7 Å². The normalized spacial score (nSPS) is 11.6. The minimum absolute atomic E-state index is 0.0488. The number of anilines is 3. The zero-order valence-electron chi connectivity index (χ0n) is 20.6. The molecule has 5 aromatic rings. The second kappa shape index (κ2) is 10.8. The molecule has 0 aliphatic rings. The van der Waals surface area contributed by atoms with Gasteiger partial charge in [0.15, 0.2) is 0 Å². The molecule has 1 unspecified atom stereocenters. The molecular weight excluding hydrogens is 480 g/mol. The first kappa shape index (κ1) is 24.5. The number of para-hydroxylation sites is 2. The van der Waals surface area contributed by atoms with Crippen LogP contribution < -0.4 is 15.5 Å². The van der Waals surface area contributed by atoms with Gasteiger partial charge in [-0.25, -0.2) is 14.8 Å². The zero-order chi connectivity index (χ0) is 26.5. The number of carbonyl (C=O) groups is 2. The van der Waals surface area contributed by atoms with Crippen LogP contribution in [0.5, 0.6) is 0 Å². The standard InChI is InChI=1S/C29H26N6O3/c1-30-29-31-15-14-24(34-29)25-17-20-16-19(12-13-23(20)32-25)27(36)33-26(28(37)38)18-35(21-8-4-2-5-9-21)22-10-6-3-7-11-22/h2-17,26,32H,18H2,1H3,(H,33,36)(H,37,38)(H,30,31,34). The lowest BCUT2D eigenvalue weighted by Crippen LogP contribution is -2.47. The van der Waals surface area contributed by atoms with E-state index >= 15 is 0 Å². The van der Waals surface area contributed by atoms with Crippen molar-refractivity contribution in [2.45, 2.75) is 6.04 Å². The van der Waals surface area contributed by atoms with E-state index < -0.39 is 17.9 Å². The van der Waals surface area contributed by atoms with E-state index in [-0.39, 0.29) is 6.54 Å². The van der Waals surface area contributed by atoms with Crippen LogP contribution in [0.3, 0.4) is 0 Å². The third-order valence-electron chi connectivity index (χ3n) is 6.14. The Bertz CT molecular complexity index is 1530. The van der Waals surface area contributed by atoms with Crippen molar-refractivity contribution in [3.05, 3.63) is 103 Å². The average molecular weight is 507 g/mol. The van der Waals surface area contributed by atoms with Gasteiger partial charge in [-0.05, 0) is 54.6 Å². The lowest BCUT2D eigenvalue weighted by molar-refractivity contribution is -0.138. The number of nitrogens with one attached hydrogen (secondary N) is 3. The summed E-state index contributed by atoms with van der Waals surface area (Å²) in [5, 5.41) is 16.4. The van der Waals surface area contributed by atoms with E-state index in [2.05, 4.69) is 25.6 Å². The zero-order valence-corrected chi connectivity index (χ0v) is 20.6. The predicted octanol–water partition coefficient (Wildman–Crippen LogP) is 4.69. The Labute approximate surface area is 219 Å². The molecule has 4 N–H and O–H groups in total. The van der Waals surface area contributed by atoms with E-state index in [0.717, 1.165) is 28.0 Å². The molecule has 0 fully saturated rings. The van der Waals surface area contributed by atoms with Gasteiger partial charge in [-0.3, -0.25) is 4.79 Å². The van der Waals surface area contributed by atoms with Crippen LogP contribution in [0.15, 0.2) is 97.2 Å². The summed E-state index contributed by atoms with van der Waals surface area (Å²) in [6.07, 6.45) is 1.67. The summed E-state index contributed by atoms with van der Waals surface area (Å²) in [5.74, 6) is -1.09. The minimum Gasteiger partial charge on any atom is -0.480 e. The van der Waals surface area contributed by atoms with Crippen molar-refractivity contribution in [2.75, 3.05) is 23.8 Å². The van der Waals surface area contributed by atoms with Gasteiger partial charge in [0.1, 0.15) is 6.04 Å². The van der Waals surface area contributed by atoms with Gasteiger partial charge < -0.3 is 25.6 Å². The Balaban J connectivity index is 1.38. The maximum atomic E-state index is 13.2. The Morgan fingerprint density at radius 3 is 2.26 bits per heavy atom. The second-order valence-electron chi connectivity index (χ2n) is 8.65. The number of carboxylic acid groups (broad SMARTS) is 1. The summed E-state index contributed by atoms with van der Waals surface area (Å²) in [4.78, 5) is 39.2. The molecule has 3 aromatic carbocycles. The Morgan fingerprint density at radius 2 is 1.63 bits per heavy atom. The summed E-state index contributed by atoms with van der Waals surface area (Å²) in [6.45, 7) is 0.0488. The lowest BCUT2D eigenvalue weighted by Gasteiger charge is -2.28. The van der Waals surface area contributed by atoms with Crippen LogP contribution in [0.25, 0.3) is 22.3 Å². The molecule has 190 valence electrons. The number of fused-ring (bicyclic) bond motifs is 1. The van der Waals surface area contributed by atoms with Crippen LogP contribution in [0, 0.1) is 0 Å². The first-order valence-electron chi connectivity index (χ1n) is 12.1. The topological polar surface area (TPSA) is 123 Å². The van der Waals surface area contributed by atoms with Crippen molar-refractivity contribution in [1.29, 1.82) is 0 Å². The van der Waals surface area contributed by atoms with Gasteiger partial charge in [0, 0.05) is 41.1 Å². The molecule has 0 radical (unpaired) electrons. The molecule has 0 bridgehead atoms. The Hall–Kier alpha value is -5.18. The number of aliphatic carboxylic acids is 1. The first-order chi connectivity index (χ1) is 18.5. The maximum absolute atomic E-state index is 13.2. The van der Waals surface area contributed by atoms with E-state index in [1.165, 1.54) is 0 Å². The number of benzene rings is 3. The number of nitrogens with zero attached hydrogens (tertiary/aromatic N) is 3. The highest BCUT2D eigenvalue weighted by molar-refractivity contribution is 6.00. The SMILES string of the molecule is CNc1nccc(-c2cc3cc(C(=O)NC(CN(c4ccccc4)c4ccccc4)C(=O)O)ccc3[nH]2)n1. The highest BCUT2D eigenvalue weighted by atomic mass is 16.4. The minimum atomic E-state index is -1.15. The van der Waals surface area contributed by atoms with Gasteiger partial charge >= 0.3 is 5.97 Å². The summed E-state index contributed by atoms with van der Waals surface area (Å²) in [7, 11) is 1.75. The molecular formula is C29H26N6O3. The number of carboxylic acids is 1. The smallest absolute Gasteiger partial charge is 0.328 e. The van der Waals surface area contributed by atoms with Gasteiger partial charge in [0.05, 0.1) is 17.9 Å². The van der Waals surface area contributed by atoms with Crippen molar-refractivity contribution in [2.24, 2.45) is 0 Å². The summed E-state index contributed by atoms with van der Waals surface area (Å²) in [6, 6.07) is 26.7. The van der Waals surface area contributed by atoms with E-state index in [4.69, 9.17) is 0 Å². The number of aromatic amines is 1. The van der Waals surface area contributed by atoms with Crippen LogP contribution in [-0.2, 0) is 4.79 Å². The Morgan fingerprint density at radius 1 is 0.947 bits per heavy atom. The molecule has 0 spiro atoms. The lowest BCUT2D eigenvalue weighted by atomic mass is 10.1. The molecule has 1 atom stereocenters. The third kappa shape index (κ3) is 5.31. The van der Waals surface area contributed by atoms with Crippen LogP contribution >= 0.6 is 0 Å². The molecule has 9 heteroatoms. The molecule has 5 rings (SSSR count). The van der Waals surface area contributed by atoms with Crippen LogP contribution in [0.1, 0.15) is 10.4 Å². The molecule has 38 heavy (non-hydrogen) atoms.